The Kier molecular flexibility index (Phi) is 3.11. The van der Waals surface area contributed by atoms with Crippen LogP contribution in [0.25, 0.3) is 0 Å². The van der Waals surface area contributed by atoms with Crippen molar-refractivity contribution in [2.24, 2.45) is 0 Å². The Labute approximate surface area is 89.3 Å². The number of carbonyl (C=O) groups is 2. The molecule has 0 N–H and O–H groups in total. The second-order valence-corrected chi connectivity index (χ2v) is 3.24. The average molecular weight is 231 g/mol. The van der Waals surface area contributed by atoms with Crippen molar-refractivity contribution in [1.29, 1.82) is 0 Å². The molecular weight excluding hydrogens is 223 g/mol. The van der Waals surface area contributed by atoms with Crippen molar-refractivity contribution in [3.63, 3.8) is 0 Å². The standard InChI is InChI=1S/C10H8F3NO2/c1-5(15)7-3-8(6(2)16)14-9(4-7)10(11,12)13/h3-4H,1-2H3. The highest BCUT2D eigenvalue weighted by atomic mass is 19.4. The summed E-state index contributed by atoms with van der Waals surface area (Å²) >= 11 is 0. The largest absolute Gasteiger partial charge is 0.433 e. The summed E-state index contributed by atoms with van der Waals surface area (Å²) in [6, 6.07) is 1.69. The summed E-state index contributed by atoms with van der Waals surface area (Å²) in [7, 11) is 0. The molecule has 0 radical (unpaired) electrons. The van der Waals surface area contributed by atoms with E-state index in [-0.39, 0.29) is 11.3 Å². The topological polar surface area (TPSA) is 47.0 Å². The monoisotopic (exact) mass is 231 g/mol. The number of aromatic nitrogens is 1. The summed E-state index contributed by atoms with van der Waals surface area (Å²) in [6.07, 6.45) is -4.67. The molecule has 1 aromatic rings. The third kappa shape index (κ3) is 2.65. The van der Waals surface area contributed by atoms with Crippen LogP contribution in [-0.2, 0) is 6.18 Å². The Bertz CT molecular complexity index is 420. The first-order valence-electron chi connectivity index (χ1n) is 4.33. The lowest BCUT2D eigenvalue weighted by Gasteiger charge is -2.08. The second kappa shape index (κ2) is 4.03. The van der Waals surface area contributed by atoms with Gasteiger partial charge in [-0.2, -0.15) is 13.2 Å². The summed E-state index contributed by atoms with van der Waals surface area (Å²) in [5, 5.41) is 0. The summed E-state index contributed by atoms with van der Waals surface area (Å²) < 4.78 is 37.2. The molecule has 0 aliphatic heterocycles. The van der Waals surface area contributed by atoms with Crippen LogP contribution in [-0.4, -0.2) is 16.6 Å². The Morgan fingerprint density at radius 1 is 1.12 bits per heavy atom. The molecule has 0 unspecified atom stereocenters. The molecule has 0 saturated heterocycles. The summed E-state index contributed by atoms with van der Waals surface area (Å²) in [6.45, 7) is 2.21. The number of carbonyl (C=O) groups excluding carboxylic acids is 2. The zero-order valence-electron chi connectivity index (χ0n) is 8.55. The van der Waals surface area contributed by atoms with E-state index in [0.29, 0.717) is 6.07 Å². The molecule has 1 aromatic heterocycles. The first kappa shape index (κ1) is 12.4. The number of halogens is 3. The van der Waals surface area contributed by atoms with E-state index in [2.05, 4.69) is 4.98 Å². The van der Waals surface area contributed by atoms with Crippen molar-refractivity contribution >= 4 is 11.6 Å². The van der Waals surface area contributed by atoms with Crippen LogP contribution in [0.5, 0.6) is 0 Å². The fourth-order valence-corrected chi connectivity index (χ4v) is 1.06. The van der Waals surface area contributed by atoms with Crippen LogP contribution in [0.15, 0.2) is 12.1 Å². The van der Waals surface area contributed by atoms with Crippen LogP contribution in [0.2, 0.25) is 0 Å². The van der Waals surface area contributed by atoms with Gasteiger partial charge in [0.05, 0.1) is 0 Å². The lowest BCUT2D eigenvalue weighted by Crippen LogP contribution is -2.13. The molecule has 0 fully saturated rings. The maximum atomic E-state index is 12.4. The number of nitrogens with zero attached hydrogens (tertiary/aromatic N) is 1. The molecule has 0 spiro atoms. The van der Waals surface area contributed by atoms with Crippen LogP contribution < -0.4 is 0 Å². The van der Waals surface area contributed by atoms with Crippen LogP contribution in [0.1, 0.15) is 40.4 Å². The molecule has 16 heavy (non-hydrogen) atoms. The normalized spacial score (nSPS) is 11.3. The van der Waals surface area contributed by atoms with Gasteiger partial charge in [0, 0.05) is 12.5 Å². The van der Waals surface area contributed by atoms with E-state index in [0.717, 1.165) is 19.9 Å². The zero-order chi connectivity index (χ0) is 12.5. The van der Waals surface area contributed by atoms with E-state index < -0.39 is 23.4 Å². The number of rotatable bonds is 2. The second-order valence-electron chi connectivity index (χ2n) is 3.24. The molecule has 0 amide bonds. The molecule has 6 heteroatoms. The zero-order valence-corrected chi connectivity index (χ0v) is 8.55. The van der Waals surface area contributed by atoms with Crippen molar-refractivity contribution < 1.29 is 22.8 Å². The SMILES string of the molecule is CC(=O)c1cc(C(C)=O)nc(C(F)(F)F)c1. The van der Waals surface area contributed by atoms with E-state index in [1.807, 2.05) is 0 Å². The van der Waals surface area contributed by atoms with Crippen molar-refractivity contribution in [3.05, 3.63) is 29.1 Å². The average Bonchev–Trinajstić information content (AvgIpc) is 2.15. The quantitative estimate of drug-likeness (QED) is 0.734. The lowest BCUT2D eigenvalue weighted by atomic mass is 10.1. The molecule has 1 rings (SSSR count). The minimum absolute atomic E-state index is 0.174. The maximum Gasteiger partial charge on any atom is 0.433 e. The molecule has 0 aliphatic carbocycles. The maximum absolute atomic E-state index is 12.4. The van der Waals surface area contributed by atoms with Gasteiger partial charge in [-0.15, -0.1) is 0 Å². The van der Waals surface area contributed by atoms with E-state index in [1.54, 1.807) is 0 Å². The number of hydrogen-bond acceptors (Lipinski definition) is 3. The molecular formula is C10H8F3NO2. The van der Waals surface area contributed by atoms with Gasteiger partial charge < -0.3 is 0 Å². The number of ketones is 2. The van der Waals surface area contributed by atoms with Crippen molar-refractivity contribution in [2.45, 2.75) is 20.0 Å². The van der Waals surface area contributed by atoms with Crippen LogP contribution in [0.4, 0.5) is 13.2 Å². The summed E-state index contributed by atoms with van der Waals surface area (Å²) in [5.74, 6) is -1.16. The summed E-state index contributed by atoms with van der Waals surface area (Å²) in [5.41, 5.74) is -1.77. The molecule has 86 valence electrons. The van der Waals surface area contributed by atoms with Gasteiger partial charge >= 0.3 is 6.18 Å². The predicted octanol–water partition coefficient (Wildman–Crippen LogP) is 2.51. The van der Waals surface area contributed by atoms with E-state index in [9.17, 15) is 22.8 Å². The fourth-order valence-electron chi connectivity index (χ4n) is 1.06. The molecule has 0 saturated carbocycles. The summed E-state index contributed by atoms with van der Waals surface area (Å²) in [4.78, 5) is 25.1. The van der Waals surface area contributed by atoms with Crippen molar-refractivity contribution in [2.75, 3.05) is 0 Å². The number of hydrogen-bond donors (Lipinski definition) is 0. The van der Waals surface area contributed by atoms with Gasteiger partial charge in [-0.25, -0.2) is 4.98 Å². The lowest BCUT2D eigenvalue weighted by molar-refractivity contribution is -0.141. The smallest absolute Gasteiger partial charge is 0.295 e. The molecule has 3 nitrogen and oxygen atoms in total. The predicted molar refractivity (Wildman–Crippen MR) is 49.2 cm³/mol. The Morgan fingerprint density at radius 2 is 1.69 bits per heavy atom. The number of pyridine rings is 1. The van der Waals surface area contributed by atoms with Crippen LogP contribution in [0, 0.1) is 0 Å². The highest BCUT2D eigenvalue weighted by molar-refractivity contribution is 5.98. The fraction of sp³-hybridized carbons (Fsp3) is 0.300. The Hall–Kier alpha value is -1.72. The Morgan fingerprint density at radius 3 is 2.06 bits per heavy atom. The van der Waals surface area contributed by atoms with Crippen molar-refractivity contribution in [1.82, 2.24) is 4.98 Å². The van der Waals surface area contributed by atoms with Gasteiger partial charge in [0.15, 0.2) is 11.6 Å². The van der Waals surface area contributed by atoms with Crippen LogP contribution in [0.3, 0.4) is 0 Å². The first-order valence-corrected chi connectivity index (χ1v) is 4.33. The molecule has 1 heterocycles. The van der Waals surface area contributed by atoms with Crippen molar-refractivity contribution in [3.8, 4) is 0 Å². The van der Waals surface area contributed by atoms with Gasteiger partial charge in [-0.3, -0.25) is 9.59 Å². The van der Waals surface area contributed by atoms with Gasteiger partial charge in [-0.1, -0.05) is 0 Å². The minimum atomic E-state index is -4.67. The number of alkyl halides is 3. The van der Waals surface area contributed by atoms with Gasteiger partial charge in [0.2, 0.25) is 0 Å². The third-order valence-corrected chi connectivity index (χ3v) is 1.88. The van der Waals surface area contributed by atoms with E-state index in [4.69, 9.17) is 0 Å². The molecule has 0 bridgehead atoms. The van der Waals surface area contributed by atoms with E-state index in [1.165, 1.54) is 0 Å². The van der Waals surface area contributed by atoms with Gasteiger partial charge in [0.1, 0.15) is 11.4 Å². The number of Topliss-reactive ketones (excluding diaryl/α,β-unsaturated/α-hetero) is 2. The molecule has 0 atom stereocenters. The molecule has 0 aliphatic rings. The minimum Gasteiger partial charge on any atom is -0.295 e. The van der Waals surface area contributed by atoms with Crippen LogP contribution >= 0.6 is 0 Å². The Balaban J connectivity index is 3.42. The highest BCUT2D eigenvalue weighted by Gasteiger charge is 2.33. The highest BCUT2D eigenvalue weighted by Crippen LogP contribution is 2.28. The van der Waals surface area contributed by atoms with Gasteiger partial charge in [0.25, 0.3) is 0 Å². The first-order chi connectivity index (χ1) is 7.21. The third-order valence-electron chi connectivity index (χ3n) is 1.88. The van der Waals surface area contributed by atoms with Gasteiger partial charge in [-0.05, 0) is 19.1 Å². The molecule has 0 aromatic carbocycles. The van der Waals surface area contributed by atoms with E-state index >= 15 is 0 Å².